The summed E-state index contributed by atoms with van der Waals surface area (Å²) in [7, 11) is 0. The molecule has 1 aromatic heterocycles. The van der Waals surface area contributed by atoms with Gasteiger partial charge >= 0.3 is 0 Å². The first-order chi connectivity index (χ1) is 15.5. The number of aryl methyl sites for hydroxylation is 1. The Kier molecular flexibility index (Phi) is 6.90. The summed E-state index contributed by atoms with van der Waals surface area (Å²) in [6.45, 7) is 5.85. The molecule has 6 heteroatoms. The van der Waals surface area contributed by atoms with E-state index in [1.165, 1.54) is 16.9 Å². The summed E-state index contributed by atoms with van der Waals surface area (Å²) in [6.07, 6.45) is 1.50. The van der Waals surface area contributed by atoms with Gasteiger partial charge in [-0.2, -0.15) is 0 Å². The molecule has 1 fully saturated rings. The Morgan fingerprint density at radius 2 is 1.72 bits per heavy atom. The molecular formula is C26H28N2O3S. The number of likely N-dealkylation sites (tertiary alicyclic amines) is 1. The van der Waals surface area contributed by atoms with E-state index in [4.69, 9.17) is 4.74 Å². The molecule has 1 saturated heterocycles. The molecule has 0 unspecified atom stereocenters. The van der Waals surface area contributed by atoms with Gasteiger partial charge in [0.25, 0.3) is 11.8 Å². The molecule has 2 heterocycles. The number of hydrogen-bond acceptors (Lipinski definition) is 4. The molecule has 0 bridgehead atoms. The number of thiophene rings is 1. The van der Waals surface area contributed by atoms with Crippen LogP contribution >= 0.6 is 11.3 Å². The number of carbonyl (C=O) groups is 2. The number of benzene rings is 2. The van der Waals surface area contributed by atoms with Gasteiger partial charge in [-0.05, 0) is 68.0 Å². The van der Waals surface area contributed by atoms with Crippen molar-refractivity contribution in [1.29, 1.82) is 0 Å². The van der Waals surface area contributed by atoms with Crippen molar-refractivity contribution < 1.29 is 14.3 Å². The highest BCUT2D eigenvalue weighted by molar-refractivity contribution is 7.12. The number of hydrogen-bond donors (Lipinski definition) is 1. The van der Waals surface area contributed by atoms with Gasteiger partial charge in [0, 0.05) is 30.3 Å². The van der Waals surface area contributed by atoms with E-state index in [9.17, 15) is 9.59 Å². The molecule has 0 spiro atoms. The summed E-state index contributed by atoms with van der Waals surface area (Å²) >= 11 is 1.47. The zero-order valence-electron chi connectivity index (χ0n) is 18.5. The third kappa shape index (κ3) is 5.02. The molecule has 3 aromatic rings. The van der Waals surface area contributed by atoms with Gasteiger partial charge in [0.1, 0.15) is 5.75 Å². The zero-order chi connectivity index (χ0) is 22.5. The van der Waals surface area contributed by atoms with Crippen molar-refractivity contribution in [2.24, 2.45) is 0 Å². The minimum Gasteiger partial charge on any atom is -0.494 e. The number of piperidine rings is 1. The minimum atomic E-state index is -0.0353. The van der Waals surface area contributed by atoms with E-state index >= 15 is 0 Å². The van der Waals surface area contributed by atoms with Crippen molar-refractivity contribution in [3.05, 3.63) is 76.0 Å². The van der Waals surface area contributed by atoms with Crippen molar-refractivity contribution >= 4 is 23.2 Å². The average molecular weight is 449 g/mol. The maximum atomic E-state index is 13.0. The Hall–Kier alpha value is -3.12. The topological polar surface area (TPSA) is 58.6 Å². The highest BCUT2D eigenvalue weighted by atomic mass is 32.1. The monoisotopic (exact) mass is 448 g/mol. The molecule has 0 saturated carbocycles. The molecule has 0 aliphatic carbocycles. The lowest BCUT2D eigenvalue weighted by molar-refractivity contribution is 0.0698. The molecule has 0 atom stereocenters. The van der Waals surface area contributed by atoms with Crippen molar-refractivity contribution in [2.45, 2.75) is 32.7 Å². The molecule has 0 radical (unpaired) electrons. The van der Waals surface area contributed by atoms with Gasteiger partial charge in [0.05, 0.1) is 11.5 Å². The van der Waals surface area contributed by atoms with E-state index in [2.05, 4.69) is 36.5 Å². The largest absolute Gasteiger partial charge is 0.494 e. The standard InChI is InChI=1S/C26H28N2O3S/c1-3-31-22-10-8-20(9-11-22)26(30)28-15-12-21(13-16-28)27-25(29)24-23(14-17-32-24)19-6-4-18(2)5-7-19/h4-11,14,17,21H,3,12-13,15-16H2,1-2H3,(H,27,29). The highest BCUT2D eigenvalue weighted by Gasteiger charge is 2.26. The lowest BCUT2D eigenvalue weighted by Crippen LogP contribution is -2.46. The lowest BCUT2D eigenvalue weighted by Gasteiger charge is -2.32. The van der Waals surface area contributed by atoms with Crippen LogP contribution in [0.4, 0.5) is 0 Å². The van der Waals surface area contributed by atoms with Crippen LogP contribution in [0.15, 0.2) is 60.0 Å². The first-order valence-electron chi connectivity index (χ1n) is 11.0. The van der Waals surface area contributed by atoms with Crippen molar-refractivity contribution in [1.82, 2.24) is 10.2 Å². The summed E-state index contributed by atoms with van der Waals surface area (Å²) < 4.78 is 5.45. The van der Waals surface area contributed by atoms with E-state index < -0.39 is 0 Å². The summed E-state index contributed by atoms with van der Waals surface area (Å²) in [4.78, 5) is 28.4. The average Bonchev–Trinajstić information content (AvgIpc) is 3.30. The number of nitrogens with zero attached hydrogens (tertiary/aromatic N) is 1. The van der Waals surface area contributed by atoms with Gasteiger partial charge in [-0.3, -0.25) is 9.59 Å². The van der Waals surface area contributed by atoms with Crippen LogP contribution in [-0.2, 0) is 0 Å². The first kappa shape index (κ1) is 22.1. The molecule has 166 valence electrons. The summed E-state index contributed by atoms with van der Waals surface area (Å²) in [5, 5.41) is 5.14. The fourth-order valence-electron chi connectivity index (χ4n) is 3.97. The second kappa shape index (κ2) is 10.0. The zero-order valence-corrected chi connectivity index (χ0v) is 19.3. The van der Waals surface area contributed by atoms with E-state index in [0.717, 1.165) is 34.6 Å². The predicted octanol–water partition coefficient (Wildman–Crippen LogP) is 5.16. The maximum Gasteiger partial charge on any atom is 0.262 e. The summed E-state index contributed by atoms with van der Waals surface area (Å²) in [5.41, 5.74) is 3.88. The van der Waals surface area contributed by atoms with E-state index in [1.54, 1.807) is 0 Å². The normalized spacial score (nSPS) is 14.2. The quantitative estimate of drug-likeness (QED) is 0.567. The van der Waals surface area contributed by atoms with Crippen molar-refractivity contribution in [2.75, 3.05) is 19.7 Å². The van der Waals surface area contributed by atoms with E-state index in [1.807, 2.05) is 47.5 Å². The molecule has 1 N–H and O–H groups in total. The van der Waals surface area contributed by atoms with Crippen LogP contribution in [0.3, 0.4) is 0 Å². The number of amides is 2. The van der Waals surface area contributed by atoms with Crippen molar-refractivity contribution in [3.63, 3.8) is 0 Å². The second-order valence-corrected chi connectivity index (χ2v) is 8.94. The Balaban J connectivity index is 1.33. The molecular weight excluding hydrogens is 420 g/mol. The van der Waals surface area contributed by atoms with Crippen molar-refractivity contribution in [3.8, 4) is 16.9 Å². The Bertz CT molecular complexity index is 1070. The van der Waals surface area contributed by atoms with Crippen LogP contribution in [0.25, 0.3) is 11.1 Å². The van der Waals surface area contributed by atoms with Gasteiger partial charge in [0.2, 0.25) is 0 Å². The first-order valence-corrected chi connectivity index (χ1v) is 11.9. The van der Waals surface area contributed by atoms with Crippen LogP contribution in [-0.4, -0.2) is 42.5 Å². The van der Waals surface area contributed by atoms with Crippen LogP contribution in [0.5, 0.6) is 5.75 Å². The summed E-state index contributed by atoms with van der Waals surface area (Å²) in [6, 6.07) is 17.6. The predicted molar refractivity (Wildman–Crippen MR) is 128 cm³/mol. The fraction of sp³-hybridized carbons (Fsp3) is 0.308. The van der Waals surface area contributed by atoms with Crippen LogP contribution < -0.4 is 10.1 Å². The Morgan fingerprint density at radius 3 is 2.38 bits per heavy atom. The lowest BCUT2D eigenvalue weighted by atomic mass is 10.0. The number of nitrogens with one attached hydrogen (secondary N) is 1. The SMILES string of the molecule is CCOc1ccc(C(=O)N2CCC(NC(=O)c3sccc3-c3ccc(C)cc3)CC2)cc1. The fourth-order valence-corrected chi connectivity index (χ4v) is 4.79. The molecule has 2 aromatic carbocycles. The van der Waals surface area contributed by atoms with E-state index in [0.29, 0.717) is 25.3 Å². The molecule has 5 nitrogen and oxygen atoms in total. The number of rotatable bonds is 6. The Morgan fingerprint density at radius 1 is 1.03 bits per heavy atom. The summed E-state index contributed by atoms with van der Waals surface area (Å²) in [5.74, 6) is 0.758. The van der Waals surface area contributed by atoms with Crippen LogP contribution in [0.2, 0.25) is 0 Å². The minimum absolute atomic E-state index is 0.0257. The van der Waals surface area contributed by atoms with Gasteiger partial charge in [0.15, 0.2) is 0 Å². The van der Waals surface area contributed by atoms with E-state index in [-0.39, 0.29) is 17.9 Å². The van der Waals surface area contributed by atoms with Gasteiger partial charge < -0.3 is 15.0 Å². The third-order valence-electron chi connectivity index (χ3n) is 5.76. The van der Waals surface area contributed by atoms with Crippen LogP contribution in [0.1, 0.15) is 45.4 Å². The number of ether oxygens (including phenoxy) is 1. The smallest absolute Gasteiger partial charge is 0.262 e. The molecule has 1 aliphatic heterocycles. The van der Waals surface area contributed by atoms with Gasteiger partial charge in [-0.1, -0.05) is 29.8 Å². The van der Waals surface area contributed by atoms with Gasteiger partial charge in [-0.25, -0.2) is 0 Å². The highest BCUT2D eigenvalue weighted by Crippen LogP contribution is 2.29. The maximum absolute atomic E-state index is 13.0. The molecule has 2 amide bonds. The third-order valence-corrected chi connectivity index (χ3v) is 6.68. The molecule has 4 rings (SSSR count). The number of carbonyl (C=O) groups excluding carboxylic acids is 2. The Labute approximate surface area is 193 Å². The molecule has 32 heavy (non-hydrogen) atoms. The van der Waals surface area contributed by atoms with Gasteiger partial charge in [-0.15, -0.1) is 11.3 Å². The van der Waals surface area contributed by atoms with Crippen LogP contribution in [0, 0.1) is 6.92 Å². The second-order valence-electron chi connectivity index (χ2n) is 8.03. The molecule has 1 aliphatic rings.